The highest BCUT2D eigenvalue weighted by molar-refractivity contribution is 5.94. The first kappa shape index (κ1) is 13.0. The third-order valence-corrected chi connectivity index (χ3v) is 3.48. The summed E-state index contributed by atoms with van der Waals surface area (Å²) in [5.74, 6) is -0.346. The Morgan fingerprint density at radius 1 is 1.56 bits per heavy atom. The molecule has 1 unspecified atom stereocenters. The number of hydrogen-bond donors (Lipinski definition) is 1. The van der Waals surface area contributed by atoms with E-state index in [2.05, 4.69) is 0 Å². The van der Waals surface area contributed by atoms with Crippen molar-refractivity contribution in [3.63, 3.8) is 0 Å². The van der Waals surface area contributed by atoms with Crippen molar-refractivity contribution >= 4 is 5.91 Å². The van der Waals surface area contributed by atoms with Crippen LogP contribution in [0.5, 0.6) is 0 Å². The summed E-state index contributed by atoms with van der Waals surface area (Å²) in [4.78, 5) is 13.9. The molecule has 0 aromatic heterocycles. The van der Waals surface area contributed by atoms with Gasteiger partial charge in [-0.05, 0) is 43.4 Å². The van der Waals surface area contributed by atoms with Crippen LogP contribution in [-0.2, 0) is 0 Å². The first-order chi connectivity index (χ1) is 8.61. The summed E-state index contributed by atoms with van der Waals surface area (Å²) in [7, 11) is 0. The highest BCUT2D eigenvalue weighted by atomic mass is 19.1. The Kier molecular flexibility index (Phi) is 3.97. The fourth-order valence-corrected chi connectivity index (χ4v) is 2.31. The molecule has 1 heterocycles. The quantitative estimate of drug-likeness (QED) is 0.873. The summed E-state index contributed by atoms with van der Waals surface area (Å²) in [6.45, 7) is 3.02. The normalized spacial score (nSPS) is 19.9. The van der Waals surface area contributed by atoms with E-state index < -0.39 is 0 Å². The van der Waals surface area contributed by atoms with Crippen molar-refractivity contribution in [2.45, 2.75) is 19.8 Å². The molecule has 0 spiro atoms. The number of halogens is 1. The van der Waals surface area contributed by atoms with Crippen LogP contribution < -0.4 is 0 Å². The van der Waals surface area contributed by atoms with Crippen molar-refractivity contribution in [2.75, 3.05) is 19.7 Å². The van der Waals surface area contributed by atoms with E-state index >= 15 is 0 Å². The average Bonchev–Trinajstić information content (AvgIpc) is 2.41. The predicted octanol–water partition coefficient (Wildman–Crippen LogP) is 1.98. The number of carbonyl (C=O) groups excluding carboxylic acids is 1. The van der Waals surface area contributed by atoms with Crippen molar-refractivity contribution in [1.82, 2.24) is 4.90 Å². The van der Waals surface area contributed by atoms with E-state index in [1.165, 1.54) is 6.07 Å². The lowest BCUT2D eigenvalue weighted by Gasteiger charge is -2.31. The van der Waals surface area contributed by atoms with Gasteiger partial charge >= 0.3 is 0 Å². The van der Waals surface area contributed by atoms with E-state index in [4.69, 9.17) is 5.11 Å². The van der Waals surface area contributed by atoms with E-state index in [1.54, 1.807) is 24.0 Å². The second kappa shape index (κ2) is 5.48. The number of nitrogens with zero attached hydrogens (tertiary/aromatic N) is 1. The van der Waals surface area contributed by atoms with Gasteiger partial charge in [-0.15, -0.1) is 0 Å². The van der Waals surface area contributed by atoms with Gasteiger partial charge in [0.05, 0.1) is 0 Å². The Bertz CT molecular complexity index is 447. The maximum atomic E-state index is 13.4. The Labute approximate surface area is 106 Å². The molecule has 1 amide bonds. The van der Waals surface area contributed by atoms with E-state index in [9.17, 15) is 9.18 Å². The Balaban J connectivity index is 2.12. The molecule has 1 aromatic rings. The van der Waals surface area contributed by atoms with Gasteiger partial charge in [-0.25, -0.2) is 4.39 Å². The lowest BCUT2D eigenvalue weighted by molar-refractivity contribution is 0.0620. The minimum absolute atomic E-state index is 0.103. The zero-order valence-corrected chi connectivity index (χ0v) is 10.5. The van der Waals surface area contributed by atoms with Gasteiger partial charge in [-0.1, -0.05) is 6.07 Å². The number of aliphatic hydroxyl groups excluding tert-OH is 1. The summed E-state index contributed by atoms with van der Waals surface area (Å²) in [5, 5.41) is 9.14. The fraction of sp³-hybridized carbons (Fsp3) is 0.500. The van der Waals surface area contributed by atoms with Crippen LogP contribution in [0.1, 0.15) is 28.8 Å². The third kappa shape index (κ3) is 2.70. The molecule has 98 valence electrons. The van der Waals surface area contributed by atoms with Crippen molar-refractivity contribution in [2.24, 2.45) is 5.92 Å². The third-order valence-electron chi connectivity index (χ3n) is 3.48. The van der Waals surface area contributed by atoms with Crippen LogP contribution in [0.2, 0.25) is 0 Å². The topological polar surface area (TPSA) is 40.5 Å². The number of likely N-dealkylation sites (tertiary alicyclic amines) is 1. The molecule has 4 heteroatoms. The number of hydrogen-bond acceptors (Lipinski definition) is 2. The predicted molar refractivity (Wildman–Crippen MR) is 66.9 cm³/mol. The Hall–Kier alpha value is -1.42. The van der Waals surface area contributed by atoms with Crippen LogP contribution in [0.15, 0.2) is 18.2 Å². The molecule has 1 atom stereocenters. The summed E-state index contributed by atoms with van der Waals surface area (Å²) in [6, 6.07) is 4.57. The summed E-state index contributed by atoms with van der Waals surface area (Å²) >= 11 is 0. The maximum absolute atomic E-state index is 13.4. The SMILES string of the molecule is Cc1ccc(C(=O)N2CCCC(CO)C2)cc1F. The van der Waals surface area contributed by atoms with Gasteiger partial charge in [0.2, 0.25) is 0 Å². The van der Waals surface area contributed by atoms with Crippen molar-refractivity contribution in [3.8, 4) is 0 Å². The first-order valence-corrected chi connectivity index (χ1v) is 6.28. The first-order valence-electron chi connectivity index (χ1n) is 6.28. The molecule has 0 radical (unpaired) electrons. The average molecular weight is 251 g/mol. The largest absolute Gasteiger partial charge is 0.396 e. The fourth-order valence-electron chi connectivity index (χ4n) is 2.31. The number of amides is 1. The van der Waals surface area contributed by atoms with Gasteiger partial charge in [-0.2, -0.15) is 0 Å². The molecule has 3 nitrogen and oxygen atoms in total. The molecule has 2 rings (SSSR count). The molecule has 1 aromatic carbocycles. The van der Waals surface area contributed by atoms with E-state index in [0.717, 1.165) is 12.8 Å². The van der Waals surface area contributed by atoms with Gasteiger partial charge in [-0.3, -0.25) is 4.79 Å². The second-order valence-corrected chi connectivity index (χ2v) is 4.91. The highest BCUT2D eigenvalue weighted by Gasteiger charge is 2.24. The number of aryl methyl sites for hydroxylation is 1. The minimum atomic E-state index is -0.350. The molecule has 1 fully saturated rings. The van der Waals surface area contributed by atoms with E-state index in [1.807, 2.05) is 0 Å². The zero-order valence-electron chi connectivity index (χ0n) is 10.5. The van der Waals surface area contributed by atoms with Gasteiger partial charge in [0.15, 0.2) is 0 Å². The molecular weight excluding hydrogens is 233 g/mol. The molecule has 1 saturated heterocycles. The monoisotopic (exact) mass is 251 g/mol. The number of benzene rings is 1. The molecule has 0 bridgehead atoms. The molecule has 18 heavy (non-hydrogen) atoms. The van der Waals surface area contributed by atoms with Crippen LogP contribution in [0, 0.1) is 18.7 Å². The van der Waals surface area contributed by atoms with Gasteiger partial charge < -0.3 is 10.0 Å². The van der Waals surface area contributed by atoms with Crippen molar-refractivity contribution in [3.05, 3.63) is 35.1 Å². The van der Waals surface area contributed by atoms with E-state index in [-0.39, 0.29) is 24.2 Å². The van der Waals surface area contributed by atoms with Crippen LogP contribution in [-0.4, -0.2) is 35.6 Å². The van der Waals surface area contributed by atoms with Crippen LogP contribution >= 0.6 is 0 Å². The number of carbonyl (C=O) groups is 1. The number of piperidine rings is 1. The van der Waals surface area contributed by atoms with Gasteiger partial charge in [0, 0.05) is 25.3 Å². The molecular formula is C14H18FNO2. The van der Waals surface area contributed by atoms with Crippen molar-refractivity contribution in [1.29, 1.82) is 0 Å². The smallest absolute Gasteiger partial charge is 0.253 e. The Morgan fingerprint density at radius 3 is 3.00 bits per heavy atom. The van der Waals surface area contributed by atoms with Crippen LogP contribution in [0.4, 0.5) is 4.39 Å². The lowest BCUT2D eigenvalue weighted by Crippen LogP contribution is -2.40. The lowest BCUT2D eigenvalue weighted by atomic mass is 9.98. The minimum Gasteiger partial charge on any atom is -0.396 e. The molecule has 1 aliphatic heterocycles. The Morgan fingerprint density at radius 2 is 2.33 bits per heavy atom. The summed E-state index contributed by atoms with van der Waals surface area (Å²) in [5.41, 5.74) is 0.926. The summed E-state index contributed by atoms with van der Waals surface area (Å²) in [6.07, 6.45) is 1.84. The zero-order chi connectivity index (χ0) is 13.1. The van der Waals surface area contributed by atoms with Gasteiger partial charge in [0.25, 0.3) is 5.91 Å². The van der Waals surface area contributed by atoms with Crippen LogP contribution in [0.25, 0.3) is 0 Å². The van der Waals surface area contributed by atoms with Gasteiger partial charge in [0.1, 0.15) is 5.82 Å². The number of rotatable bonds is 2. The molecule has 1 aliphatic rings. The molecule has 0 saturated carbocycles. The van der Waals surface area contributed by atoms with E-state index in [0.29, 0.717) is 24.2 Å². The number of aliphatic hydroxyl groups is 1. The standard InChI is InChI=1S/C14H18FNO2/c1-10-4-5-12(7-13(10)15)14(18)16-6-2-3-11(8-16)9-17/h4-5,7,11,17H,2-3,6,8-9H2,1H3. The van der Waals surface area contributed by atoms with Crippen LogP contribution in [0.3, 0.4) is 0 Å². The van der Waals surface area contributed by atoms with Crippen molar-refractivity contribution < 1.29 is 14.3 Å². The second-order valence-electron chi connectivity index (χ2n) is 4.91. The molecule has 0 aliphatic carbocycles. The maximum Gasteiger partial charge on any atom is 0.253 e. The highest BCUT2D eigenvalue weighted by Crippen LogP contribution is 2.19. The molecule has 1 N–H and O–H groups in total. The summed E-state index contributed by atoms with van der Waals surface area (Å²) < 4.78 is 13.4.